The van der Waals surface area contributed by atoms with Crippen molar-refractivity contribution in [3.8, 4) is 5.75 Å². The Morgan fingerprint density at radius 1 is 1.13 bits per heavy atom. The van der Waals surface area contributed by atoms with Crippen molar-refractivity contribution in [2.24, 2.45) is 0 Å². The van der Waals surface area contributed by atoms with E-state index >= 15 is 0 Å². The van der Waals surface area contributed by atoms with Crippen molar-refractivity contribution in [1.82, 2.24) is 15.3 Å². The number of carbonyl (C=O) groups is 1. The number of ether oxygens (including phenoxy) is 2. The van der Waals surface area contributed by atoms with Crippen LogP contribution in [0.5, 0.6) is 5.75 Å². The number of benzene rings is 2. The molecule has 1 amide bonds. The molecule has 1 aromatic heterocycles. The number of anilines is 4. The number of halogens is 3. The number of alkyl halides is 3. The summed E-state index contributed by atoms with van der Waals surface area (Å²) >= 11 is 0. The number of para-hydroxylation sites is 1. The van der Waals surface area contributed by atoms with E-state index in [-0.39, 0.29) is 17.2 Å². The van der Waals surface area contributed by atoms with Crippen LogP contribution in [0.15, 0.2) is 48.7 Å². The van der Waals surface area contributed by atoms with Gasteiger partial charge in [-0.2, -0.15) is 18.2 Å². The molecule has 0 saturated heterocycles. The lowest BCUT2D eigenvalue weighted by atomic mass is 10.1. The van der Waals surface area contributed by atoms with Gasteiger partial charge in [0.15, 0.2) is 8.03 Å². The lowest BCUT2D eigenvalue weighted by molar-refractivity contribution is -0.137. The van der Waals surface area contributed by atoms with Crippen LogP contribution in [0.3, 0.4) is 0 Å². The molecule has 2 atom stereocenters. The molecule has 14 heteroatoms. The zero-order chi connectivity index (χ0) is 28.6. The van der Waals surface area contributed by atoms with Crippen molar-refractivity contribution in [2.75, 3.05) is 38.5 Å². The minimum Gasteiger partial charge on any atom is -0.495 e. The van der Waals surface area contributed by atoms with Gasteiger partial charge < -0.3 is 30.3 Å². The Morgan fingerprint density at radius 3 is 2.51 bits per heavy atom. The molecule has 3 rings (SSSR count). The number of hydrogen-bond acceptors (Lipinski definition) is 8. The first kappa shape index (κ1) is 29.9. The molecule has 3 aromatic rings. The Kier molecular flexibility index (Phi) is 10.3. The van der Waals surface area contributed by atoms with Crippen molar-refractivity contribution >= 4 is 37.1 Å². The topological polar surface area (TPSA) is 135 Å². The normalized spacial score (nSPS) is 12.9. The van der Waals surface area contributed by atoms with E-state index in [0.29, 0.717) is 37.1 Å². The minimum absolute atomic E-state index is 0.125. The number of aromatic nitrogens is 2. The number of nitrogens with zero attached hydrogens (tertiary/aromatic N) is 2. The fraction of sp³-hybridized carbons (Fsp3) is 0.320. The van der Waals surface area contributed by atoms with E-state index in [1.54, 1.807) is 30.3 Å². The molecular weight excluding hydrogens is 538 g/mol. The Labute approximate surface area is 223 Å². The van der Waals surface area contributed by atoms with Gasteiger partial charge in [0.25, 0.3) is 5.91 Å². The smallest absolute Gasteiger partial charge is 0.421 e. The Balaban J connectivity index is 1.92. The van der Waals surface area contributed by atoms with Crippen molar-refractivity contribution in [3.05, 3.63) is 65.4 Å². The maximum Gasteiger partial charge on any atom is 0.421 e. The van der Waals surface area contributed by atoms with Gasteiger partial charge in [-0.1, -0.05) is 18.2 Å². The van der Waals surface area contributed by atoms with Crippen LogP contribution in [0.2, 0.25) is 0 Å². The predicted molar refractivity (Wildman–Crippen MR) is 142 cm³/mol. The highest BCUT2D eigenvalue weighted by molar-refractivity contribution is 7.38. The number of hydrogen-bond donors (Lipinski definition) is 4. The lowest BCUT2D eigenvalue weighted by Gasteiger charge is -2.18. The molecule has 10 nitrogen and oxygen atoms in total. The maximum atomic E-state index is 13.8. The predicted octanol–water partition coefficient (Wildman–Crippen LogP) is 4.77. The molecular formula is C25H29F3N5O5P. The van der Waals surface area contributed by atoms with Gasteiger partial charge in [0, 0.05) is 32.6 Å². The summed E-state index contributed by atoms with van der Waals surface area (Å²) in [6.45, 7) is 0.341. The Bertz CT molecular complexity index is 1330. The second-order valence-electron chi connectivity index (χ2n) is 8.38. The molecule has 0 spiro atoms. The molecule has 210 valence electrons. The molecule has 0 radical (unpaired) electrons. The zero-order valence-corrected chi connectivity index (χ0v) is 22.4. The van der Waals surface area contributed by atoms with Crippen LogP contribution >= 0.6 is 8.03 Å². The Hall–Kier alpha value is -3.67. The SMILES string of the molecule is CNC(=O)c1ccccc1Nc1nc(Nc2ccc(CC(CCOC)[PH](=O)O)cc2OC)ncc1C(F)(F)F. The summed E-state index contributed by atoms with van der Waals surface area (Å²) in [6.07, 6.45) is -3.41. The van der Waals surface area contributed by atoms with Gasteiger partial charge in [-0.3, -0.25) is 9.36 Å². The molecule has 0 aliphatic heterocycles. The standard InChI is InChI=1S/C25H29F3N5O5P/c1-29-23(34)17-6-4-5-7-19(17)31-22-18(25(26,27)28)14-30-24(33-22)32-20-9-8-15(13-21(20)38-3)12-16(39(35)36)10-11-37-2/h4-9,13-14,16,39H,10-12H2,1-3H3,(H,29,34)(H,35,36)(H2,30,31,32,33). The maximum absolute atomic E-state index is 13.8. The summed E-state index contributed by atoms with van der Waals surface area (Å²) in [6, 6.07) is 11.1. The van der Waals surface area contributed by atoms with Crippen LogP contribution in [0.25, 0.3) is 0 Å². The minimum atomic E-state index is -4.77. The molecule has 0 saturated carbocycles. The highest BCUT2D eigenvalue weighted by atomic mass is 31.1. The number of amides is 1. The van der Waals surface area contributed by atoms with E-state index in [1.165, 1.54) is 33.4 Å². The molecule has 2 aromatic carbocycles. The third-order valence-electron chi connectivity index (χ3n) is 5.76. The van der Waals surface area contributed by atoms with Crippen LogP contribution in [0.4, 0.5) is 36.3 Å². The molecule has 0 bridgehead atoms. The molecule has 0 fully saturated rings. The average molecular weight is 568 g/mol. The van der Waals surface area contributed by atoms with E-state index in [1.807, 2.05) is 0 Å². The largest absolute Gasteiger partial charge is 0.495 e. The summed E-state index contributed by atoms with van der Waals surface area (Å²) in [5, 5.41) is 7.91. The summed E-state index contributed by atoms with van der Waals surface area (Å²) in [5.74, 6) is -0.869. The number of nitrogens with one attached hydrogen (secondary N) is 3. The van der Waals surface area contributed by atoms with E-state index in [2.05, 4.69) is 25.9 Å². The monoisotopic (exact) mass is 567 g/mol. The van der Waals surface area contributed by atoms with E-state index in [0.717, 1.165) is 5.56 Å². The van der Waals surface area contributed by atoms with Gasteiger partial charge in [0.2, 0.25) is 5.95 Å². The number of methoxy groups -OCH3 is 2. The van der Waals surface area contributed by atoms with Crippen LogP contribution in [0.1, 0.15) is 27.9 Å². The van der Waals surface area contributed by atoms with E-state index in [4.69, 9.17) is 9.47 Å². The summed E-state index contributed by atoms with van der Waals surface area (Å²) in [7, 11) is 1.53. The molecule has 39 heavy (non-hydrogen) atoms. The molecule has 2 unspecified atom stereocenters. The summed E-state index contributed by atoms with van der Waals surface area (Å²) in [4.78, 5) is 29.7. The van der Waals surface area contributed by atoms with Crippen LogP contribution in [-0.4, -0.2) is 54.3 Å². The Morgan fingerprint density at radius 2 is 1.87 bits per heavy atom. The second-order valence-corrected chi connectivity index (χ2v) is 9.88. The fourth-order valence-corrected chi connectivity index (χ4v) is 4.52. The molecule has 4 N–H and O–H groups in total. The van der Waals surface area contributed by atoms with Crippen LogP contribution in [-0.2, 0) is 21.9 Å². The molecule has 0 aliphatic rings. The van der Waals surface area contributed by atoms with Gasteiger partial charge in [0.1, 0.15) is 17.1 Å². The van der Waals surface area contributed by atoms with Crippen molar-refractivity contribution in [3.63, 3.8) is 0 Å². The third kappa shape index (κ3) is 7.92. The highest BCUT2D eigenvalue weighted by Crippen LogP contribution is 2.37. The zero-order valence-electron chi connectivity index (χ0n) is 21.4. The fourth-order valence-electron chi connectivity index (χ4n) is 3.74. The van der Waals surface area contributed by atoms with E-state index in [9.17, 15) is 27.4 Å². The third-order valence-corrected chi connectivity index (χ3v) is 6.95. The van der Waals surface area contributed by atoms with Gasteiger partial charge in [-0.05, 0) is 42.7 Å². The van der Waals surface area contributed by atoms with Crippen molar-refractivity contribution < 1.29 is 36.9 Å². The van der Waals surface area contributed by atoms with Crippen LogP contribution < -0.4 is 20.7 Å². The number of carbonyl (C=O) groups excluding carboxylic acids is 1. The summed E-state index contributed by atoms with van der Waals surface area (Å²) in [5.41, 5.74) is -0.255. The van der Waals surface area contributed by atoms with Gasteiger partial charge in [0.05, 0.1) is 24.0 Å². The first-order chi connectivity index (χ1) is 18.6. The van der Waals surface area contributed by atoms with Crippen molar-refractivity contribution in [1.29, 1.82) is 0 Å². The molecule has 1 heterocycles. The first-order valence-corrected chi connectivity index (χ1v) is 13.2. The lowest BCUT2D eigenvalue weighted by Crippen LogP contribution is -2.20. The van der Waals surface area contributed by atoms with Gasteiger partial charge in [-0.15, -0.1) is 0 Å². The molecule has 0 aliphatic carbocycles. The van der Waals surface area contributed by atoms with Gasteiger partial charge >= 0.3 is 6.18 Å². The highest BCUT2D eigenvalue weighted by Gasteiger charge is 2.35. The van der Waals surface area contributed by atoms with Crippen LogP contribution in [0, 0.1) is 0 Å². The quantitative estimate of drug-likeness (QED) is 0.228. The number of rotatable bonds is 12. The van der Waals surface area contributed by atoms with Crippen molar-refractivity contribution in [2.45, 2.75) is 24.7 Å². The first-order valence-electron chi connectivity index (χ1n) is 11.7. The second kappa shape index (κ2) is 13.4. The average Bonchev–Trinajstić information content (AvgIpc) is 2.90. The summed E-state index contributed by atoms with van der Waals surface area (Å²) < 4.78 is 63.5. The van der Waals surface area contributed by atoms with E-state index < -0.39 is 37.2 Å². The van der Waals surface area contributed by atoms with Gasteiger partial charge in [-0.25, -0.2) is 4.98 Å².